The summed E-state index contributed by atoms with van der Waals surface area (Å²) in [5.41, 5.74) is 11.3. The van der Waals surface area contributed by atoms with Gasteiger partial charge < -0.3 is 9.47 Å². The van der Waals surface area contributed by atoms with Crippen LogP contribution in [0.4, 0.5) is 0 Å². The Morgan fingerprint density at radius 2 is 0.909 bits per heavy atom. The molecule has 2 aliphatic rings. The number of ether oxygens (including phenoxy) is 2. The van der Waals surface area contributed by atoms with E-state index < -0.39 is 0 Å². The van der Waals surface area contributed by atoms with E-state index in [0.717, 1.165) is 61.2 Å². The zero-order valence-corrected chi connectivity index (χ0v) is 25.5. The quantitative estimate of drug-likeness (QED) is 0.146. The van der Waals surface area contributed by atoms with Gasteiger partial charge in [-0.3, -0.25) is 9.59 Å². The van der Waals surface area contributed by atoms with Crippen LogP contribution in [0.25, 0.3) is 23.3 Å². The van der Waals surface area contributed by atoms with Crippen LogP contribution < -0.4 is 9.47 Å². The van der Waals surface area contributed by atoms with E-state index in [1.807, 2.05) is 36.4 Å². The molecule has 0 N–H and O–H groups in total. The number of carbonyl (C=O) groups is 2. The largest absolute Gasteiger partial charge is 0.497 e. The monoisotopic (exact) mass is 582 g/mol. The van der Waals surface area contributed by atoms with E-state index in [9.17, 15) is 9.59 Å². The fourth-order valence-electron chi connectivity index (χ4n) is 6.59. The molecule has 4 aromatic carbocycles. The molecule has 0 heterocycles. The van der Waals surface area contributed by atoms with Crippen LogP contribution in [0.5, 0.6) is 11.5 Å². The Kier molecular flexibility index (Phi) is 8.88. The van der Waals surface area contributed by atoms with Gasteiger partial charge in [0.1, 0.15) is 11.5 Å². The maximum atomic E-state index is 13.2. The lowest BCUT2D eigenvalue weighted by Gasteiger charge is -2.27. The molecule has 0 saturated heterocycles. The number of aryl methyl sites for hydroxylation is 2. The first-order chi connectivity index (χ1) is 21.6. The lowest BCUT2D eigenvalue weighted by atomic mass is 9.77. The molecule has 0 spiro atoms. The molecule has 44 heavy (non-hydrogen) atoms. The van der Waals surface area contributed by atoms with Gasteiger partial charge in [0.2, 0.25) is 0 Å². The fraction of sp³-hybridized carbons (Fsp3) is 0.250. The standard InChI is InChI=1S/C40H38O4/c1-43-33-21-15-29(16-22-33)37(41)25-19-31-13-11-27-7-3-5-9-35(27)39(31)40-32(14-12-28-8-4-6-10-36(28)40)20-26-38(42)30-17-23-34(44-2)24-18-30/h11-26H,3-10H2,1-2H3/b25-19-,26-20-. The third-order valence-electron chi connectivity index (χ3n) is 8.96. The molecule has 4 nitrogen and oxygen atoms in total. The van der Waals surface area contributed by atoms with E-state index >= 15 is 0 Å². The van der Waals surface area contributed by atoms with Gasteiger partial charge in [-0.15, -0.1) is 0 Å². The summed E-state index contributed by atoms with van der Waals surface area (Å²) in [5, 5.41) is 0. The zero-order valence-electron chi connectivity index (χ0n) is 25.5. The molecule has 4 heteroatoms. The smallest absolute Gasteiger partial charge is 0.185 e. The normalized spacial score (nSPS) is 14.3. The van der Waals surface area contributed by atoms with E-state index in [2.05, 4.69) is 24.3 Å². The van der Waals surface area contributed by atoms with Crippen LogP contribution in [-0.4, -0.2) is 25.8 Å². The molecule has 0 amide bonds. The second-order valence-electron chi connectivity index (χ2n) is 11.6. The van der Waals surface area contributed by atoms with E-state index in [1.54, 1.807) is 50.6 Å². The van der Waals surface area contributed by atoms with Gasteiger partial charge in [-0.05, 0) is 157 Å². The van der Waals surface area contributed by atoms with Gasteiger partial charge >= 0.3 is 0 Å². The number of methoxy groups -OCH3 is 2. The first-order valence-corrected chi connectivity index (χ1v) is 15.6. The first-order valence-electron chi connectivity index (χ1n) is 15.6. The van der Waals surface area contributed by atoms with Crippen LogP contribution in [0.3, 0.4) is 0 Å². The minimum atomic E-state index is -0.0448. The Bertz CT molecular complexity index is 1610. The second-order valence-corrected chi connectivity index (χ2v) is 11.6. The number of benzene rings is 4. The average Bonchev–Trinajstić information content (AvgIpc) is 3.09. The number of carbonyl (C=O) groups excluding carboxylic acids is 2. The van der Waals surface area contributed by atoms with Gasteiger partial charge in [0.15, 0.2) is 11.6 Å². The SMILES string of the molecule is COc1ccc(C(=O)/C=C\c2ccc3c(c2-c2c(/C=C\C(=O)c4ccc(OC)cc4)ccc4c2CCCC4)CCCC3)cc1. The molecule has 0 atom stereocenters. The van der Waals surface area contributed by atoms with Gasteiger partial charge in [-0.2, -0.15) is 0 Å². The Balaban J connectivity index is 1.45. The molecule has 0 aliphatic heterocycles. The van der Waals surface area contributed by atoms with Crippen molar-refractivity contribution < 1.29 is 19.1 Å². The van der Waals surface area contributed by atoms with Crippen molar-refractivity contribution in [1.29, 1.82) is 0 Å². The number of fused-ring (bicyclic) bond motifs is 2. The Labute approximate surface area is 260 Å². The summed E-state index contributed by atoms with van der Waals surface area (Å²) in [6.07, 6.45) is 16.2. The number of rotatable bonds is 9. The van der Waals surface area contributed by atoms with Crippen LogP contribution >= 0.6 is 0 Å². The lowest BCUT2D eigenvalue weighted by molar-refractivity contribution is 0.103. The Morgan fingerprint density at radius 1 is 0.523 bits per heavy atom. The van der Waals surface area contributed by atoms with E-state index in [4.69, 9.17) is 9.47 Å². The molecular formula is C40H38O4. The highest BCUT2D eigenvalue weighted by Crippen LogP contribution is 2.42. The lowest BCUT2D eigenvalue weighted by Crippen LogP contribution is -2.11. The molecule has 222 valence electrons. The topological polar surface area (TPSA) is 52.6 Å². The van der Waals surface area contributed by atoms with Crippen LogP contribution in [0.15, 0.2) is 84.9 Å². The van der Waals surface area contributed by atoms with Crippen molar-refractivity contribution >= 4 is 23.7 Å². The molecule has 2 aliphatic carbocycles. The van der Waals surface area contributed by atoms with Gasteiger partial charge in [-0.1, -0.05) is 36.4 Å². The Hall–Kier alpha value is -4.70. The molecule has 4 aromatic rings. The molecule has 0 saturated carbocycles. The molecule has 0 bridgehead atoms. The van der Waals surface area contributed by atoms with E-state index in [-0.39, 0.29) is 11.6 Å². The highest BCUT2D eigenvalue weighted by Gasteiger charge is 2.24. The van der Waals surface area contributed by atoms with E-state index in [1.165, 1.54) is 46.2 Å². The number of ketones is 2. The molecule has 0 fully saturated rings. The highest BCUT2D eigenvalue weighted by atomic mass is 16.5. The minimum absolute atomic E-state index is 0.0448. The predicted molar refractivity (Wildman–Crippen MR) is 178 cm³/mol. The summed E-state index contributed by atoms with van der Waals surface area (Å²) in [5.74, 6) is 1.36. The first kappa shape index (κ1) is 29.4. The molecule has 0 radical (unpaired) electrons. The van der Waals surface area contributed by atoms with Crippen molar-refractivity contribution in [3.8, 4) is 22.6 Å². The average molecular weight is 583 g/mol. The van der Waals surface area contributed by atoms with Gasteiger partial charge in [-0.25, -0.2) is 0 Å². The second kappa shape index (κ2) is 13.3. The third kappa shape index (κ3) is 6.16. The predicted octanol–water partition coefficient (Wildman–Crippen LogP) is 8.92. The fourth-order valence-corrected chi connectivity index (χ4v) is 6.59. The van der Waals surface area contributed by atoms with Crippen LogP contribution in [-0.2, 0) is 25.7 Å². The van der Waals surface area contributed by atoms with Gasteiger partial charge in [0.25, 0.3) is 0 Å². The summed E-state index contributed by atoms with van der Waals surface area (Å²) < 4.78 is 10.5. The van der Waals surface area contributed by atoms with Crippen molar-refractivity contribution in [1.82, 2.24) is 0 Å². The minimum Gasteiger partial charge on any atom is -0.497 e. The third-order valence-corrected chi connectivity index (χ3v) is 8.96. The zero-order chi connectivity index (χ0) is 30.5. The van der Waals surface area contributed by atoms with Crippen molar-refractivity contribution in [3.05, 3.63) is 129 Å². The molecular weight excluding hydrogens is 544 g/mol. The van der Waals surface area contributed by atoms with Gasteiger partial charge in [0.05, 0.1) is 14.2 Å². The highest BCUT2D eigenvalue weighted by molar-refractivity contribution is 6.08. The van der Waals surface area contributed by atoms with Gasteiger partial charge in [0, 0.05) is 11.1 Å². The maximum absolute atomic E-state index is 13.2. The van der Waals surface area contributed by atoms with Crippen molar-refractivity contribution in [3.63, 3.8) is 0 Å². The summed E-state index contributed by atoms with van der Waals surface area (Å²) in [7, 11) is 3.24. The van der Waals surface area contributed by atoms with Crippen molar-refractivity contribution in [2.45, 2.75) is 51.4 Å². The molecule has 0 aromatic heterocycles. The van der Waals surface area contributed by atoms with E-state index in [0.29, 0.717) is 11.1 Å². The summed E-state index contributed by atoms with van der Waals surface area (Å²) in [6, 6.07) is 23.3. The maximum Gasteiger partial charge on any atom is 0.185 e. The Morgan fingerprint density at radius 3 is 1.30 bits per heavy atom. The van der Waals surface area contributed by atoms with Crippen LogP contribution in [0.2, 0.25) is 0 Å². The van der Waals surface area contributed by atoms with Crippen LogP contribution in [0, 0.1) is 0 Å². The van der Waals surface area contributed by atoms with Crippen molar-refractivity contribution in [2.75, 3.05) is 14.2 Å². The number of allylic oxidation sites excluding steroid dienone is 2. The van der Waals surface area contributed by atoms with Crippen molar-refractivity contribution in [2.24, 2.45) is 0 Å². The molecule has 6 rings (SSSR count). The summed E-state index contributed by atoms with van der Waals surface area (Å²) in [6.45, 7) is 0. The van der Waals surface area contributed by atoms with Crippen LogP contribution in [0.1, 0.15) is 79.8 Å². The molecule has 0 unspecified atom stereocenters. The summed E-state index contributed by atoms with van der Waals surface area (Å²) >= 11 is 0. The summed E-state index contributed by atoms with van der Waals surface area (Å²) in [4.78, 5) is 26.4. The number of hydrogen-bond acceptors (Lipinski definition) is 4. The number of hydrogen-bond donors (Lipinski definition) is 0.